The molecule has 0 aliphatic rings. The molecule has 0 N–H and O–H groups in total. The normalized spacial score (nSPS) is 11.2. The van der Waals surface area contributed by atoms with Crippen molar-refractivity contribution in [3.05, 3.63) is 30.1 Å². The lowest BCUT2D eigenvalue weighted by molar-refractivity contribution is -0.193. The van der Waals surface area contributed by atoms with Gasteiger partial charge in [-0.1, -0.05) is 6.07 Å². The van der Waals surface area contributed by atoms with Crippen molar-refractivity contribution in [2.24, 2.45) is 0 Å². The summed E-state index contributed by atoms with van der Waals surface area (Å²) in [4.78, 5) is 29.3. The largest absolute Gasteiger partial charge is 0.463 e. The first kappa shape index (κ1) is 24.4. The highest BCUT2D eigenvalue weighted by Crippen LogP contribution is 2.25. The van der Waals surface area contributed by atoms with E-state index in [1.54, 1.807) is 31.8 Å². The Labute approximate surface area is 171 Å². The van der Waals surface area contributed by atoms with Gasteiger partial charge in [0.2, 0.25) is 0 Å². The van der Waals surface area contributed by atoms with E-state index in [1.807, 2.05) is 25.3 Å². The van der Waals surface area contributed by atoms with Crippen LogP contribution in [-0.4, -0.2) is 61.3 Å². The van der Waals surface area contributed by atoms with Gasteiger partial charge in [0, 0.05) is 24.8 Å². The summed E-state index contributed by atoms with van der Waals surface area (Å²) in [5.41, 5.74) is -0.625. The third-order valence-electron chi connectivity index (χ3n) is 3.80. The second-order valence-corrected chi connectivity index (χ2v) is 6.94. The number of ether oxygens (including phenoxy) is 4. The van der Waals surface area contributed by atoms with Gasteiger partial charge >= 0.3 is 11.9 Å². The van der Waals surface area contributed by atoms with E-state index in [4.69, 9.17) is 18.9 Å². The van der Waals surface area contributed by atoms with E-state index >= 15 is 0 Å². The maximum atomic E-state index is 12.6. The number of hydrogen-bond acceptors (Lipinski definition) is 8. The second kappa shape index (κ2) is 14.4. The van der Waals surface area contributed by atoms with Gasteiger partial charge in [0.1, 0.15) is 0 Å². The summed E-state index contributed by atoms with van der Waals surface area (Å²) in [5, 5.41) is 0. The number of aromatic nitrogens is 1. The predicted molar refractivity (Wildman–Crippen MR) is 108 cm³/mol. The summed E-state index contributed by atoms with van der Waals surface area (Å²) in [7, 11) is 0. The average molecular weight is 414 g/mol. The lowest BCUT2D eigenvalue weighted by Crippen LogP contribution is -2.52. The molecule has 1 rings (SSSR count). The molecule has 158 valence electrons. The van der Waals surface area contributed by atoms with Crippen molar-refractivity contribution in [2.75, 3.05) is 38.8 Å². The first-order chi connectivity index (χ1) is 13.6. The van der Waals surface area contributed by atoms with Crippen LogP contribution in [0.3, 0.4) is 0 Å². The molecule has 0 spiro atoms. The standard InChI is InChI=1S/C20H31NO6S/c1-4-24-12-13-27-20(18(22)25-5-2,19(23)26-6-3)10-8-14-28-16-17-9-7-11-21-15-17/h7,9,11,15H,4-6,8,10,12-14,16H2,1-3H3. The fourth-order valence-electron chi connectivity index (χ4n) is 2.49. The minimum absolute atomic E-state index is 0.105. The fraction of sp³-hybridized carbons (Fsp3) is 0.650. The van der Waals surface area contributed by atoms with Crippen LogP contribution in [-0.2, 0) is 34.3 Å². The first-order valence-electron chi connectivity index (χ1n) is 9.63. The van der Waals surface area contributed by atoms with Crippen molar-refractivity contribution < 1.29 is 28.5 Å². The molecule has 28 heavy (non-hydrogen) atoms. The van der Waals surface area contributed by atoms with E-state index in [0.29, 0.717) is 13.0 Å². The number of carbonyl (C=O) groups is 2. The van der Waals surface area contributed by atoms with Gasteiger partial charge in [-0.15, -0.1) is 0 Å². The Bertz CT molecular complexity index is 551. The molecule has 1 aromatic rings. The van der Waals surface area contributed by atoms with E-state index in [-0.39, 0.29) is 32.8 Å². The molecular weight excluding hydrogens is 382 g/mol. The molecule has 0 fully saturated rings. The Kier molecular flexibility index (Phi) is 12.5. The van der Waals surface area contributed by atoms with Gasteiger partial charge in [-0.05, 0) is 51.0 Å². The number of carbonyl (C=O) groups excluding carboxylic acids is 2. The molecule has 0 aliphatic heterocycles. The van der Waals surface area contributed by atoms with Gasteiger partial charge < -0.3 is 18.9 Å². The molecule has 0 saturated carbocycles. The topological polar surface area (TPSA) is 84.0 Å². The van der Waals surface area contributed by atoms with Crippen LogP contribution in [0, 0.1) is 0 Å². The van der Waals surface area contributed by atoms with Gasteiger partial charge in [-0.3, -0.25) is 4.98 Å². The molecule has 0 atom stereocenters. The minimum atomic E-state index is -1.75. The zero-order valence-electron chi connectivity index (χ0n) is 17.0. The van der Waals surface area contributed by atoms with Crippen LogP contribution >= 0.6 is 11.8 Å². The monoisotopic (exact) mass is 413 g/mol. The molecule has 0 amide bonds. The SMILES string of the molecule is CCOCCOC(CCCSCc1cccnc1)(C(=O)OCC)C(=O)OCC. The Hall–Kier alpha value is -1.64. The first-order valence-corrected chi connectivity index (χ1v) is 10.8. The van der Waals surface area contributed by atoms with Gasteiger partial charge in [-0.2, -0.15) is 11.8 Å². The van der Waals surface area contributed by atoms with Crippen molar-refractivity contribution in [1.82, 2.24) is 4.98 Å². The van der Waals surface area contributed by atoms with Crippen molar-refractivity contribution in [3.63, 3.8) is 0 Å². The second-order valence-electron chi connectivity index (χ2n) is 5.83. The van der Waals surface area contributed by atoms with E-state index in [2.05, 4.69) is 4.98 Å². The number of esters is 2. The quantitative estimate of drug-likeness (QED) is 0.246. The Balaban J connectivity index is 2.71. The third-order valence-corrected chi connectivity index (χ3v) is 4.91. The number of thioether (sulfide) groups is 1. The summed E-state index contributed by atoms with van der Waals surface area (Å²) in [6.45, 7) is 6.48. The minimum Gasteiger partial charge on any atom is -0.463 e. The van der Waals surface area contributed by atoms with Crippen molar-refractivity contribution in [2.45, 2.75) is 45.0 Å². The summed E-state index contributed by atoms with van der Waals surface area (Å²) in [5.74, 6) is 0.152. The van der Waals surface area contributed by atoms with Crippen LogP contribution in [0.4, 0.5) is 0 Å². The molecule has 1 heterocycles. The number of nitrogens with zero attached hydrogens (tertiary/aromatic N) is 1. The molecule has 7 nitrogen and oxygen atoms in total. The zero-order valence-corrected chi connectivity index (χ0v) is 17.8. The van der Waals surface area contributed by atoms with E-state index in [9.17, 15) is 9.59 Å². The highest BCUT2D eigenvalue weighted by molar-refractivity contribution is 7.98. The number of hydrogen-bond donors (Lipinski definition) is 0. The molecule has 0 radical (unpaired) electrons. The fourth-order valence-corrected chi connectivity index (χ4v) is 3.39. The van der Waals surface area contributed by atoms with Gasteiger partial charge in [0.05, 0.1) is 26.4 Å². The van der Waals surface area contributed by atoms with Crippen molar-refractivity contribution in [3.8, 4) is 0 Å². The molecule has 0 unspecified atom stereocenters. The molecule has 0 bridgehead atoms. The Morgan fingerprint density at radius 3 is 2.36 bits per heavy atom. The van der Waals surface area contributed by atoms with Crippen LogP contribution in [0.2, 0.25) is 0 Å². The van der Waals surface area contributed by atoms with Crippen LogP contribution in [0.15, 0.2) is 24.5 Å². The molecule has 0 aromatic carbocycles. The maximum absolute atomic E-state index is 12.6. The highest BCUT2D eigenvalue weighted by atomic mass is 32.2. The summed E-state index contributed by atoms with van der Waals surface area (Å²) in [6.07, 6.45) is 4.35. The van der Waals surface area contributed by atoms with Gasteiger partial charge in [-0.25, -0.2) is 9.59 Å². The lowest BCUT2D eigenvalue weighted by atomic mass is 9.97. The smallest absolute Gasteiger partial charge is 0.350 e. The van der Waals surface area contributed by atoms with Gasteiger partial charge in [0.25, 0.3) is 5.60 Å². The zero-order chi connectivity index (χ0) is 20.7. The highest BCUT2D eigenvalue weighted by Gasteiger charge is 2.50. The van der Waals surface area contributed by atoms with E-state index in [0.717, 1.165) is 17.1 Å². The lowest BCUT2D eigenvalue weighted by Gasteiger charge is -2.29. The predicted octanol–water partition coefficient (Wildman–Crippen LogP) is 3.01. The summed E-state index contributed by atoms with van der Waals surface area (Å²) < 4.78 is 21.3. The Morgan fingerprint density at radius 1 is 1.07 bits per heavy atom. The van der Waals surface area contributed by atoms with Crippen LogP contribution in [0.25, 0.3) is 0 Å². The summed E-state index contributed by atoms with van der Waals surface area (Å²) in [6, 6.07) is 3.91. The van der Waals surface area contributed by atoms with Crippen molar-refractivity contribution >= 4 is 23.7 Å². The number of pyridine rings is 1. The van der Waals surface area contributed by atoms with Gasteiger partial charge in [0.15, 0.2) is 0 Å². The molecule has 1 aromatic heterocycles. The van der Waals surface area contributed by atoms with Crippen LogP contribution in [0.1, 0.15) is 39.2 Å². The molecule has 0 saturated heterocycles. The van der Waals surface area contributed by atoms with Crippen molar-refractivity contribution in [1.29, 1.82) is 0 Å². The van der Waals surface area contributed by atoms with E-state index in [1.165, 1.54) is 0 Å². The maximum Gasteiger partial charge on any atom is 0.350 e. The average Bonchev–Trinajstić information content (AvgIpc) is 2.70. The third kappa shape index (κ3) is 8.16. The number of rotatable bonds is 15. The molecule has 8 heteroatoms. The van der Waals surface area contributed by atoms with E-state index < -0.39 is 17.5 Å². The Morgan fingerprint density at radius 2 is 1.79 bits per heavy atom. The molecule has 0 aliphatic carbocycles. The summed E-state index contributed by atoms with van der Waals surface area (Å²) >= 11 is 1.70. The molecular formula is C20H31NO6S. The van der Waals surface area contributed by atoms with Crippen LogP contribution < -0.4 is 0 Å². The van der Waals surface area contributed by atoms with Crippen LogP contribution in [0.5, 0.6) is 0 Å².